The first-order chi connectivity index (χ1) is 10.3. The number of aromatic carboxylic acids is 1. The molecule has 1 heterocycles. The predicted molar refractivity (Wildman–Crippen MR) is 67.0 cm³/mol. The Hall–Kier alpha value is -2.91. The second-order valence-corrected chi connectivity index (χ2v) is 4.16. The minimum Gasteiger partial charge on any atom is -0.478 e. The van der Waals surface area contributed by atoms with Crippen molar-refractivity contribution in [2.75, 3.05) is 4.90 Å². The minimum atomic E-state index is -5.08. The highest BCUT2D eigenvalue weighted by Crippen LogP contribution is 2.24. The van der Waals surface area contributed by atoms with Crippen molar-refractivity contribution in [3.63, 3.8) is 0 Å². The number of alkyl halides is 3. The first-order valence-corrected chi connectivity index (χ1v) is 5.83. The number of carbonyl (C=O) groups is 2. The van der Waals surface area contributed by atoms with E-state index in [4.69, 9.17) is 5.11 Å². The van der Waals surface area contributed by atoms with E-state index in [1.807, 2.05) is 0 Å². The standard InChI is InChI=1S/C12H9F3N4O3/c13-12(14,15)11(22)19(7-18-6-16-5-17-18)9-3-1-8(2-4-9)10(20)21/h1-6H,7H2,(H,20,21). The van der Waals surface area contributed by atoms with E-state index in [0.717, 1.165) is 41.6 Å². The lowest BCUT2D eigenvalue weighted by Gasteiger charge is -2.23. The smallest absolute Gasteiger partial charge is 0.471 e. The molecule has 2 aromatic rings. The van der Waals surface area contributed by atoms with Crippen molar-refractivity contribution in [3.05, 3.63) is 42.5 Å². The molecule has 22 heavy (non-hydrogen) atoms. The van der Waals surface area contributed by atoms with Crippen molar-refractivity contribution in [2.45, 2.75) is 12.8 Å². The van der Waals surface area contributed by atoms with Crippen LogP contribution in [0, 0.1) is 0 Å². The third-order valence-electron chi connectivity index (χ3n) is 2.67. The van der Waals surface area contributed by atoms with Gasteiger partial charge < -0.3 is 5.11 Å². The van der Waals surface area contributed by atoms with Crippen molar-refractivity contribution in [1.82, 2.24) is 14.8 Å². The van der Waals surface area contributed by atoms with Gasteiger partial charge in [0.25, 0.3) is 0 Å². The molecule has 0 radical (unpaired) electrons. The van der Waals surface area contributed by atoms with E-state index in [2.05, 4.69) is 10.1 Å². The van der Waals surface area contributed by atoms with Gasteiger partial charge in [0, 0.05) is 5.69 Å². The molecule has 0 aliphatic heterocycles. The van der Waals surface area contributed by atoms with E-state index < -0.39 is 24.7 Å². The summed E-state index contributed by atoms with van der Waals surface area (Å²) in [6, 6.07) is 4.44. The van der Waals surface area contributed by atoms with Gasteiger partial charge in [-0.1, -0.05) is 0 Å². The van der Waals surface area contributed by atoms with Crippen molar-refractivity contribution >= 4 is 17.6 Å². The molecule has 0 fully saturated rings. The minimum absolute atomic E-state index is 0.107. The molecule has 0 aliphatic rings. The number of anilines is 1. The molecule has 1 N–H and O–H groups in total. The fourth-order valence-corrected chi connectivity index (χ4v) is 1.65. The summed E-state index contributed by atoms with van der Waals surface area (Å²) in [5.74, 6) is -3.32. The Morgan fingerprint density at radius 2 is 1.86 bits per heavy atom. The van der Waals surface area contributed by atoms with Gasteiger partial charge in [0.2, 0.25) is 0 Å². The lowest BCUT2D eigenvalue weighted by Crippen LogP contribution is -2.42. The lowest BCUT2D eigenvalue weighted by atomic mass is 10.2. The van der Waals surface area contributed by atoms with E-state index in [9.17, 15) is 22.8 Å². The Kier molecular flexibility index (Phi) is 4.11. The maximum Gasteiger partial charge on any atom is 0.471 e. The zero-order chi connectivity index (χ0) is 16.3. The molecule has 1 aromatic carbocycles. The van der Waals surface area contributed by atoms with Crippen molar-refractivity contribution in [1.29, 1.82) is 0 Å². The molecule has 116 valence electrons. The fraction of sp³-hybridized carbons (Fsp3) is 0.167. The molecule has 1 amide bonds. The van der Waals surface area contributed by atoms with E-state index in [-0.39, 0.29) is 11.3 Å². The van der Waals surface area contributed by atoms with Crippen molar-refractivity contribution in [2.24, 2.45) is 0 Å². The third-order valence-corrected chi connectivity index (χ3v) is 2.67. The highest BCUT2D eigenvalue weighted by atomic mass is 19.4. The van der Waals surface area contributed by atoms with Crippen LogP contribution in [0.1, 0.15) is 10.4 Å². The second-order valence-electron chi connectivity index (χ2n) is 4.16. The molecule has 0 saturated heterocycles. The summed E-state index contributed by atoms with van der Waals surface area (Å²) >= 11 is 0. The fourth-order valence-electron chi connectivity index (χ4n) is 1.65. The van der Waals surface area contributed by atoms with Crippen LogP contribution < -0.4 is 4.90 Å². The van der Waals surface area contributed by atoms with Crippen LogP contribution in [0.15, 0.2) is 36.9 Å². The number of carboxylic acid groups (broad SMARTS) is 1. The van der Waals surface area contributed by atoms with Gasteiger partial charge in [-0.15, -0.1) is 0 Å². The number of hydrogen-bond acceptors (Lipinski definition) is 4. The molecule has 0 spiro atoms. The largest absolute Gasteiger partial charge is 0.478 e. The Morgan fingerprint density at radius 1 is 1.23 bits per heavy atom. The van der Waals surface area contributed by atoms with Gasteiger partial charge in [-0.25, -0.2) is 14.5 Å². The van der Waals surface area contributed by atoms with Gasteiger partial charge >= 0.3 is 18.1 Å². The summed E-state index contributed by atoms with van der Waals surface area (Å²) in [5, 5.41) is 12.4. The SMILES string of the molecule is O=C(O)c1ccc(N(Cn2cncn2)C(=O)C(F)(F)F)cc1. The van der Waals surface area contributed by atoms with Crippen LogP contribution in [0.25, 0.3) is 0 Å². The van der Waals surface area contributed by atoms with Gasteiger partial charge in [0.05, 0.1) is 5.56 Å². The Balaban J connectivity index is 2.34. The maximum absolute atomic E-state index is 12.7. The quantitative estimate of drug-likeness (QED) is 0.924. The van der Waals surface area contributed by atoms with Crippen LogP contribution in [0.3, 0.4) is 0 Å². The maximum atomic E-state index is 12.7. The molecule has 0 atom stereocenters. The molecule has 7 nitrogen and oxygen atoms in total. The molecular formula is C12H9F3N4O3. The Bertz CT molecular complexity index is 668. The number of benzene rings is 1. The Labute approximate surface area is 121 Å². The highest BCUT2D eigenvalue weighted by Gasteiger charge is 2.43. The van der Waals surface area contributed by atoms with Gasteiger partial charge in [-0.3, -0.25) is 9.69 Å². The number of amides is 1. The van der Waals surface area contributed by atoms with Gasteiger partial charge in [-0.2, -0.15) is 18.3 Å². The third kappa shape index (κ3) is 3.40. The van der Waals surface area contributed by atoms with E-state index in [1.165, 1.54) is 0 Å². The van der Waals surface area contributed by atoms with E-state index in [0.29, 0.717) is 4.90 Å². The van der Waals surface area contributed by atoms with Crippen LogP contribution in [-0.2, 0) is 11.5 Å². The monoisotopic (exact) mass is 314 g/mol. The van der Waals surface area contributed by atoms with Crippen LogP contribution >= 0.6 is 0 Å². The number of aromatic nitrogens is 3. The first-order valence-electron chi connectivity index (χ1n) is 5.83. The van der Waals surface area contributed by atoms with E-state index in [1.54, 1.807) is 0 Å². The van der Waals surface area contributed by atoms with Crippen LogP contribution in [-0.4, -0.2) is 37.9 Å². The Morgan fingerprint density at radius 3 is 2.32 bits per heavy atom. The van der Waals surface area contributed by atoms with E-state index >= 15 is 0 Å². The molecule has 0 aliphatic carbocycles. The highest BCUT2D eigenvalue weighted by molar-refractivity contribution is 5.97. The summed E-state index contributed by atoms with van der Waals surface area (Å²) in [6.07, 6.45) is -2.81. The molecular weight excluding hydrogens is 305 g/mol. The number of carboxylic acids is 1. The average Bonchev–Trinajstić information content (AvgIpc) is 2.96. The topological polar surface area (TPSA) is 88.3 Å². The first kappa shape index (κ1) is 15.5. The summed E-state index contributed by atoms with van der Waals surface area (Å²) in [4.78, 5) is 26.3. The lowest BCUT2D eigenvalue weighted by molar-refractivity contribution is -0.170. The predicted octanol–water partition coefficient (Wildman–Crippen LogP) is 1.53. The van der Waals surface area contributed by atoms with Gasteiger partial charge in [0.1, 0.15) is 19.3 Å². The average molecular weight is 314 g/mol. The van der Waals surface area contributed by atoms with Crippen LogP contribution in [0.5, 0.6) is 0 Å². The molecule has 2 rings (SSSR count). The molecule has 0 bridgehead atoms. The summed E-state index contributed by atoms with van der Waals surface area (Å²) in [6.45, 7) is -0.509. The summed E-state index contributed by atoms with van der Waals surface area (Å²) < 4.78 is 39.1. The zero-order valence-corrected chi connectivity index (χ0v) is 10.9. The molecule has 1 aromatic heterocycles. The summed E-state index contributed by atoms with van der Waals surface area (Å²) in [7, 11) is 0. The van der Waals surface area contributed by atoms with Gasteiger partial charge in [-0.05, 0) is 24.3 Å². The number of hydrogen-bond donors (Lipinski definition) is 1. The normalized spacial score (nSPS) is 11.2. The van der Waals surface area contributed by atoms with Gasteiger partial charge in [0.15, 0.2) is 0 Å². The molecule has 0 unspecified atom stereocenters. The van der Waals surface area contributed by atoms with Crippen molar-refractivity contribution < 1.29 is 27.9 Å². The number of rotatable bonds is 4. The zero-order valence-electron chi connectivity index (χ0n) is 10.9. The second kappa shape index (κ2) is 5.84. The van der Waals surface area contributed by atoms with Crippen LogP contribution in [0.2, 0.25) is 0 Å². The number of halogens is 3. The number of nitrogens with zero attached hydrogens (tertiary/aromatic N) is 4. The number of carbonyl (C=O) groups excluding carboxylic acids is 1. The molecule has 10 heteroatoms. The molecule has 0 saturated carbocycles. The van der Waals surface area contributed by atoms with Crippen molar-refractivity contribution in [3.8, 4) is 0 Å². The van der Waals surface area contributed by atoms with Crippen LogP contribution in [0.4, 0.5) is 18.9 Å². The summed E-state index contributed by atoms with van der Waals surface area (Å²) in [5.41, 5.74) is -0.216.